The van der Waals surface area contributed by atoms with Crippen LogP contribution in [-0.2, 0) is 30.6 Å². The lowest BCUT2D eigenvalue weighted by atomic mass is 9.97. The fourth-order valence-corrected chi connectivity index (χ4v) is 6.56. The van der Waals surface area contributed by atoms with Gasteiger partial charge in [-0.2, -0.15) is 0 Å². The second kappa shape index (κ2) is 11.9. The van der Waals surface area contributed by atoms with Gasteiger partial charge in [-0.15, -0.1) is 0 Å². The molecule has 0 atom stereocenters. The topological polar surface area (TPSA) is 113 Å². The second-order valence-corrected chi connectivity index (χ2v) is 13.1. The number of sulfonamides is 2. The molecular formula is C23H29ClFN3O6S2. The summed E-state index contributed by atoms with van der Waals surface area (Å²) in [5.74, 6) is -1.27. The highest BCUT2D eigenvalue weighted by atomic mass is 35.5. The highest BCUT2D eigenvalue weighted by Gasteiger charge is 2.32. The lowest BCUT2D eigenvalue weighted by molar-refractivity contribution is -0.126. The maximum absolute atomic E-state index is 14.0. The first-order chi connectivity index (χ1) is 16.9. The SMILES string of the molecule is CN(C)S(=O)(=O)c1ccc(OCCNC(=O)C2CCN(S(=O)(=O)Cc3c(F)cccc3Cl)CC2)cc1. The molecule has 1 aliphatic rings. The third kappa shape index (κ3) is 6.94. The summed E-state index contributed by atoms with van der Waals surface area (Å²) in [4.78, 5) is 12.6. The van der Waals surface area contributed by atoms with Gasteiger partial charge in [0.2, 0.25) is 26.0 Å². The third-order valence-corrected chi connectivity index (χ3v) is 9.87. The van der Waals surface area contributed by atoms with Crippen LogP contribution >= 0.6 is 11.6 Å². The van der Waals surface area contributed by atoms with Gasteiger partial charge in [0.05, 0.1) is 17.2 Å². The molecule has 0 saturated carbocycles. The number of nitrogens with one attached hydrogen (secondary N) is 1. The first-order valence-corrected chi connectivity index (χ1v) is 14.7. The molecule has 13 heteroatoms. The molecule has 198 valence electrons. The summed E-state index contributed by atoms with van der Waals surface area (Å²) >= 11 is 5.96. The van der Waals surface area contributed by atoms with Gasteiger partial charge in [0.1, 0.15) is 18.2 Å². The van der Waals surface area contributed by atoms with Gasteiger partial charge in [-0.05, 0) is 49.2 Å². The first-order valence-electron chi connectivity index (χ1n) is 11.3. The Hall–Kier alpha value is -2.25. The molecule has 9 nitrogen and oxygen atoms in total. The van der Waals surface area contributed by atoms with E-state index >= 15 is 0 Å². The summed E-state index contributed by atoms with van der Waals surface area (Å²) in [6, 6.07) is 10.0. The predicted molar refractivity (Wildman–Crippen MR) is 134 cm³/mol. The van der Waals surface area contributed by atoms with E-state index in [2.05, 4.69) is 5.32 Å². The van der Waals surface area contributed by atoms with E-state index in [1.54, 1.807) is 12.1 Å². The maximum atomic E-state index is 14.0. The van der Waals surface area contributed by atoms with Gasteiger partial charge >= 0.3 is 0 Å². The Morgan fingerprint density at radius 1 is 1.11 bits per heavy atom. The van der Waals surface area contributed by atoms with Gasteiger partial charge in [0, 0.05) is 43.7 Å². The van der Waals surface area contributed by atoms with Crippen LogP contribution < -0.4 is 10.1 Å². The van der Waals surface area contributed by atoms with E-state index < -0.39 is 31.6 Å². The van der Waals surface area contributed by atoms with Crippen molar-refractivity contribution in [3.63, 3.8) is 0 Å². The Kier molecular flexibility index (Phi) is 9.33. The van der Waals surface area contributed by atoms with Gasteiger partial charge < -0.3 is 10.1 Å². The lowest BCUT2D eigenvalue weighted by Gasteiger charge is -2.30. The summed E-state index contributed by atoms with van der Waals surface area (Å²) in [6.45, 7) is 0.736. The average Bonchev–Trinajstić information content (AvgIpc) is 2.84. The molecule has 1 N–H and O–H groups in total. The molecule has 1 heterocycles. The molecule has 0 aromatic heterocycles. The summed E-state index contributed by atoms with van der Waals surface area (Å²) in [5.41, 5.74) is -0.0620. The van der Waals surface area contributed by atoms with E-state index in [9.17, 15) is 26.0 Å². The Labute approximate surface area is 216 Å². The molecule has 36 heavy (non-hydrogen) atoms. The van der Waals surface area contributed by atoms with Gasteiger partial charge in [-0.3, -0.25) is 4.79 Å². The smallest absolute Gasteiger partial charge is 0.242 e. The number of rotatable bonds is 10. The van der Waals surface area contributed by atoms with E-state index in [0.717, 1.165) is 4.31 Å². The molecule has 2 aromatic carbocycles. The van der Waals surface area contributed by atoms with Crippen molar-refractivity contribution in [2.75, 3.05) is 40.3 Å². The van der Waals surface area contributed by atoms with Crippen molar-refractivity contribution < 1.29 is 30.8 Å². The highest BCUT2D eigenvalue weighted by molar-refractivity contribution is 7.89. The van der Waals surface area contributed by atoms with Crippen LogP contribution in [0.25, 0.3) is 0 Å². The molecule has 1 fully saturated rings. The molecule has 0 bridgehead atoms. The lowest BCUT2D eigenvalue weighted by Crippen LogP contribution is -2.44. The molecule has 1 amide bonds. The van der Waals surface area contributed by atoms with Crippen molar-refractivity contribution in [2.24, 2.45) is 5.92 Å². The van der Waals surface area contributed by atoms with Crippen molar-refractivity contribution in [3.05, 3.63) is 58.9 Å². The molecule has 0 unspecified atom stereocenters. The summed E-state index contributed by atoms with van der Waals surface area (Å²) in [6.07, 6.45) is 0.692. The van der Waals surface area contributed by atoms with Crippen LogP contribution in [0.1, 0.15) is 18.4 Å². The molecule has 1 saturated heterocycles. The highest BCUT2D eigenvalue weighted by Crippen LogP contribution is 2.26. The molecule has 0 aliphatic carbocycles. The van der Waals surface area contributed by atoms with Crippen LogP contribution in [0.2, 0.25) is 5.02 Å². The Bertz CT molecular complexity index is 1260. The van der Waals surface area contributed by atoms with Gasteiger partial charge in [-0.25, -0.2) is 29.8 Å². The number of amides is 1. The van der Waals surface area contributed by atoms with Crippen molar-refractivity contribution in [3.8, 4) is 5.75 Å². The summed E-state index contributed by atoms with van der Waals surface area (Å²) in [7, 11) is -4.40. The van der Waals surface area contributed by atoms with Gasteiger partial charge in [-0.1, -0.05) is 17.7 Å². The van der Waals surface area contributed by atoms with E-state index in [1.807, 2.05) is 0 Å². The van der Waals surface area contributed by atoms with Crippen LogP contribution in [-0.4, -0.2) is 71.7 Å². The van der Waals surface area contributed by atoms with Crippen LogP contribution in [0.5, 0.6) is 5.75 Å². The summed E-state index contributed by atoms with van der Waals surface area (Å²) in [5, 5.41) is 2.84. The van der Waals surface area contributed by atoms with Gasteiger partial charge in [0.15, 0.2) is 0 Å². The predicted octanol–water partition coefficient (Wildman–Crippen LogP) is 2.47. The fourth-order valence-electron chi connectivity index (χ4n) is 3.75. The Balaban J connectivity index is 1.43. The minimum absolute atomic E-state index is 0.0598. The van der Waals surface area contributed by atoms with Gasteiger partial charge in [0.25, 0.3) is 0 Å². The number of nitrogens with zero attached hydrogens (tertiary/aromatic N) is 2. The molecule has 0 spiro atoms. The second-order valence-electron chi connectivity index (χ2n) is 8.53. The molecular weight excluding hydrogens is 533 g/mol. The number of carbonyl (C=O) groups is 1. The minimum atomic E-state index is -3.78. The van der Waals surface area contributed by atoms with Crippen molar-refractivity contribution in [1.29, 1.82) is 0 Å². The van der Waals surface area contributed by atoms with Crippen LogP contribution in [0.15, 0.2) is 47.4 Å². The van der Waals surface area contributed by atoms with Crippen LogP contribution in [0.3, 0.4) is 0 Å². The van der Waals surface area contributed by atoms with Crippen LogP contribution in [0, 0.1) is 11.7 Å². The van der Waals surface area contributed by atoms with Crippen molar-refractivity contribution in [2.45, 2.75) is 23.5 Å². The maximum Gasteiger partial charge on any atom is 0.242 e. The zero-order chi connectivity index (χ0) is 26.5. The largest absolute Gasteiger partial charge is 0.492 e. The molecule has 0 radical (unpaired) electrons. The fraction of sp³-hybridized carbons (Fsp3) is 0.435. The quantitative estimate of drug-likeness (QED) is 0.446. The third-order valence-electron chi connectivity index (χ3n) is 5.88. The van der Waals surface area contributed by atoms with E-state index in [0.29, 0.717) is 18.6 Å². The summed E-state index contributed by atoms with van der Waals surface area (Å²) < 4.78 is 71.6. The molecule has 2 aromatic rings. The van der Waals surface area contributed by atoms with E-state index in [1.165, 1.54) is 48.7 Å². The number of hydrogen-bond donors (Lipinski definition) is 1. The Morgan fingerprint density at radius 2 is 1.75 bits per heavy atom. The Morgan fingerprint density at radius 3 is 2.33 bits per heavy atom. The average molecular weight is 562 g/mol. The number of halogens is 2. The molecule has 3 rings (SSSR count). The zero-order valence-electron chi connectivity index (χ0n) is 20.0. The number of ether oxygens (including phenoxy) is 1. The van der Waals surface area contributed by atoms with E-state index in [-0.39, 0.29) is 53.5 Å². The number of carbonyl (C=O) groups excluding carboxylic acids is 1. The molecule has 1 aliphatic heterocycles. The number of piperidine rings is 1. The number of hydrogen-bond acceptors (Lipinski definition) is 6. The van der Waals surface area contributed by atoms with E-state index in [4.69, 9.17) is 16.3 Å². The van der Waals surface area contributed by atoms with Crippen molar-refractivity contribution >= 4 is 37.6 Å². The standard InChI is InChI=1S/C23H29ClFN3O6S2/c1-27(2)36(32,33)19-8-6-18(7-9-19)34-15-12-26-23(29)17-10-13-28(14-11-17)35(30,31)16-20-21(24)4-3-5-22(20)25/h3-9,17H,10-16H2,1-2H3,(H,26,29). The number of benzene rings is 2. The normalized spacial score (nSPS) is 15.7. The van der Waals surface area contributed by atoms with Crippen molar-refractivity contribution in [1.82, 2.24) is 13.9 Å². The first kappa shape index (κ1) is 28.3. The monoisotopic (exact) mass is 561 g/mol. The zero-order valence-corrected chi connectivity index (χ0v) is 22.4. The van der Waals surface area contributed by atoms with Crippen LogP contribution in [0.4, 0.5) is 4.39 Å². The minimum Gasteiger partial charge on any atom is -0.492 e.